The van der Waals surface area contributed by atoms with E-state index in [4.69, 9.17) is 4.74 Å². The van der Waals surface area contributed by atoms with Gasteiger partial charge in [0.15, 0.2) is 0 Å². The van der Waals surface area contributed by atoms with Crippen LogP contribution in [0.15, 0.2) is 60.3 Å². The molecule has 28 heavy (non-hydrogen) atoms. The Kier molecular flexibility index (Phi) is 7.79. The SMILES string of the molecule is CCOC(=O)c1ccc(NC(=O)/C(C#N)=C\NCCc2cccc(C)c2)cc1. The number of nitrogens with one attached hydrogen (secondary N) is 2. The van der Waals surface area contributed by atoms with Gasteiger partial charge in [0.05, 0.1) is 12.2 Å². The van der Waals surface area contributed by atoms with Crippen LogP contribution in [0, 0.1) is 18.3 Å². The number of benzene rings is 2. The molecule has 0 fully saturated rings. The molecule has 6 nitrogen and oxygen atoms in total. The van der Waals surface area contributed by atoms with Gasteiger partial charge in [0.1, 0.15) is 11.6 Å². The molecule has 0 radical (unpaired) electrons. The van der Waals surface area contributed by atoms with E-state index in [0.29, 0.717) is 24.4 Å². The fourth-order valence-corrected chi connectivity index (χ4v) is 2.51. The number of anilines is 1. The number of carbonyl (C=O) groups excluding carboxylic acids is 2. The molecule has 0 heterocycles. The highest BCUT2D eigenvalue weighted by Gasteiger charge is 2.10. The number of amides is 1. The first-order chi connectivity index (χ1) is 13.5. The molecule has 0 aliphatic rings. The Morgan fingerprint density at radius 1 is 1.18 bits per heavy atom. The Bertz CT molecular complexity index is 896. The first-order valence-corrected chi connectivity index (χ1v) is 9.01. The van der Waals surface area contributed by atoms with Crippen LogP contribution in [-0.4, -0.2) is 25.0 Å². The van der Waals surface area contributed by atoms with Crippen molar-refractivity contribution in [3.8, 4) is 6.07 Å². The van der Waals surface area contributed by atoms with Crippen LogP contribution in [0.2, 0.25) is 0 Å². The van der Waals surface area contributed by atoms with Gasteiger partial charge in [-0.3, -0.25) is 4.79 Å². The maximum atomic E-state index is 12.2. The summed E-state index contributed by atoms with van der Waals surface area (Å²) in [6.07, 6.45) is 2.20. The maximum Gasteiger partial charge on any atom is 0.338 e. The van der Waals surface area contributed by atoms with Gasteiger partial charge < -0.3 is 15.4 Å². The van der Waals surface area contributed by atoms with Crippen molar-refractivity contribution in [2.75, 3.05) is 18.5 Å². The van der Waals surface area contributed by atoms with Gasteiger partial charge in [-0.15, -0.1) is 0 Å². The van der Waals surface area contributed by atoms with Crippen molar-refractivity contribution in [1.29, 1.82) is 5.26 Å². The summed E-state index contributed by atoms with van der Waals surface area (Å²) in [6.45, 7) is 4.67. The van der Waals surface area contributed by atoms with Crippen LogP contribution in [0.3, 0.4) is 0 Å². The van der Waals surface area contributed by atoms with Gasteiger partial charge >= 0.3 is 5.97 Å². The number of nitriles is 1. The number of aryl methyl sites for hydroxylation is 1. The summed E-state index contributed by atoms with van der Waals surface area (Å²) in [7, 11) is 0. The lowest BCUT2D eigenvalue weighted by Gasteiger charge is -2.07. The van der Waals surface area contributed by atoms with E-state index in [-0.39, 0.29) is 5.57 Å². The molecular formula is C22H23N3O3. The molecule has 0 aromatic heterocycles. The molecule has 0 aliphatic heterocycles. The molecule has 0 aliphatic carbocycles. The second-order valence-corrected chi connectivity index (χ2v) is 6.11. The first kappa shape index (κ1) is 20.7. The molecule has 144 valence electrons. The lowest BCUT2D eigenvalue weighted by molar-refractivity contribution is -0.112. The molecule has 0 bridgehead atoms. The van der Waals surface area contributed by atoms with Crippen molar-refractivity contribution in [1.82, 2.24) is 5.32 Å². The van der Waals surface area contributed by atoms with Crippen molar-refractivity contribution < 1.29 is 14.3 Å². The highest BCUT2D eigenvalue weighted by Crippen LogP contribution is 2.12. The fourth-order valence-electron chi connectivity index (χ4n) is 2.51. The largest absolute Gasteiger partial charge is 0.462 e. The summed E-state index contributed by atoms with van der Waals surface area (Å²) < 4.78 is 4.91. The van der Waals surface area contributed by atoms with Crippen molar-refractivity contribution in [3.05, 3.63) is 77.0 Å². The van der Waals surface area contributed by atoms with Gasteiger partial charge in [0.2, 0.25) is 0 Å². The summed E-state index contributed by atoms with van der Waals surface area (Å²) in [5.41, 5.74) is 3.23. The van der Waals surface area contributed by atoms with Crippen LogP contribution in [0.1, 0.15) is 28.4 Å². The van der Waals surface area contributed by atoms with E-state index in [1.54, 1.807) is 31.2 Å². The zero-order valence-electron chi connectivity index (χ0n) is 16.0. The molecule has 2 rings (SSSR count). The predicted octanol–water partition coefficient (Wildman–Crippen LogP) is 3.35. The monoisotopic (exact) mass is 377 g/mol. The number of ether oxygens (including phenoxy) is 1. The van der Waals surface area contributed by atoms with Gasteiger partial charge in [0, 0.05) is 18.4 Å². The van der Waals surface area contributed by atoms with Crippen molar-refractivity contribution in [2.45, 2.75) is 20.3 Å². The maximum absolute atomic E-state index is 12.2. The van der Waals surface area contributed by atoms with Gasteiger partial charge in [-0.1, -0.05) is 29.8 Å². The van der Waals surface area contributed by atoms with Gasteiger partial charge in [-0.05, 0) is 50.1 Å². The zero-order chi connectivity index (χ0) is 20.4. The Hall–Kier alpha value is -3.59. The van der Waals surface area contributed by atoms with Crippen LogP contribution in [-0.2, 0) is 16.0 Å². The minimum Gasteiger partial charge on any atom is -0.462 e. The lowest BCUT2D eigenvalue weighted by Crippen LogP contribution is -2.18. The molecule has 0 saturated heterocycles. The molecule has 2 aromatic carbocycles. The van der Waals surface area contributed by atoms with Crippen molar-refractivity contribution >= 4 is 17.6 Å². The standard InChI is InChI=1S/C22H23N3O3/c1-3-28-22(27)18-7-9-20(10-8-18)25-21(26)19(14-23)15-24-12-11-17-6-4-5-16(2)13-17/h4-10,13,15,24H,3,11-12H2,1-2H3,(H,25,26)/b19-15-. The first-order valence-electron chi connectivity index (χ1n) is 9.01. The molecule has 0 unspecified atom stereocenters. The molecule has 2 N–H and O–H groups in total. The van der Waals surface area contributed by atoms with E-state index in [0.717, 1.165) is 6.42 Å². The molecule has 0 spiro atoms. The Balaban J connectivity index is 1.89. The predicted molar refractivity (Wildman–Crippen MR) is 108 cm³/mol. The average molecular weight is 377 g/mol. The fraction of sp³-hybridized carbons (Fsp3) is 0.227. The third-order valence-electron chi connectivity index (χ3n) is 3.91. The summed E-state index contributed by atoms with van der Waals surface area (Å²) in [6, 6.07) is 16.4. The second kappa shape index (κ2) is 10.5. The summed E-state index contributed by atoms with van der Waals surface area (Å²) in [5.74, 6) is -0.940. The van der Waals surface area contributed by atoms with Crippen LogP contribution in [0.25, 0.3) is 0 Å². The zero-order valence-corrected chi connectivity index (χ0v) is 16.0. The quantitative estimate of drug-likeness (QED) is 0.319. The number of carbonyl (C=O) groups is 2. The third-order valence-corrected chi connectivity index (χ3v) is 3.91. The van der Waals surface area contributed by atoms with Crippen LogP contribution in [0.5, 0.6) is 0 Å². The van der Waals surface area contributed by atoms with Crippen LogP contribution < -0.4 is 10.6 Å². The van der Waals surface area contributed by atoms with E-state index in [2.05, 4.69) is 16.7 Å². The minimum absolute atomic E-state index is 0.0290. The number of esters is 1. The van der Waals surface area contributed by atoms with E-state index in [1.807, 2.05) is 31.2 Å². The highest BCUT2D eigenvalue weighted by molar-refractivity contribution is 6.06. The molecule has 2 aromatic rings. The smallest absolute Gasteiger partial charge is 0.338 e. The summed E-state index contributed by atoms with van der Waals surface area (Å²) in [4.78, 5) is 23.9. The van der Waals surface area contributed by atoms with E-state index in [1.165, 1.54) is 17.3 Å². The van der Waals surface area contributed by atoms with Gasteiger partial charge in [0.25, 0.3) is 5.91 Å². The van der Waals surface area contributed by atoms with Crippen LogP contribution in [0.4, 0.5) is 5.69 Å². The molecule has 1 amide bonds. The second-order valence-electron chi connectivity index (χ2n) is 6.11. The average Bonchev–Trinajstić information content (AvgIpc) is 2.68. The van der Waals surface area contributed by atoms with Crippen molar-refractivity contribution in [2.24, 2.45) is 0 Å². The summed E-state index contributed by atoms with van der Waals surface area (Å²) >= 11 is 0. The Labute approximate surface area is 164 Å². The third kappa shape index (κ3) is 6.29. The molecule has 6 heteroatoms. The van der Waals surface area contributed by atoms with E-state index in [9.17, 15) is 14.9 Å². The van der Waals surface area contributed by atoms with Crippen molar-refractivity contribution in [3.63, 3.8) is 0 Å². The lowest BCUT2D eigenvalue weighted by atomic mass is 10.1. The molecule has 0 atom stereocenters. The van der Waals surface area contributed by atoms with Gasteiger partial charge in [-0.25, -0.2) is 4.79 Å². The Morgan fingerprint density at radius 2 is 1.93 bits per heavy atom. The van der Waals surface area contributed by atoms with E-state index < -0.39 is 11.9 Å². The van der Waals surface area contributed by atoms with Crippen LogP contribution >= 0.6 is 0 Å². The minimum atomic E-state index is -0.519. The number of nitrogens with zero attached hydrogens (tertiary/aromatic N) is 1. The number of hydrogen-bond acceptors (Lipinski definition) is 5. The summed E-state index contributed by atoms with van der Waals surface area (Å²) in [5, 5.41) is 14.9. The number of hydrogen-bond donors (Lipinski definition) is 2. The van der Waals surface area contributed by atoms with E-state index >= 15 is 0 Å². The van der Waals surface area contributed by atoms with Gasteiger partial charge in [-0.2, -0.15) is 5.26 Å². The molecule has 0 saturated carbocycles. The highest BCUT2D eigenvalue weighted by atomic mass is 16.5. The molecular weight excluding hydrogens is 354 g/mol. The number of rotatable bonds is 8. The Morgan fingerprint density at radius 3 is 2.57 bits per heavy atom. The topological polar surface area (TPSA) is 91.2 Å². The normalized spacial score (nSPS) is 10.7.